The second kappa shape index (κ2) is 7.23. The highest BCUT2D eigenvalue weighted by molar-refractivity contribution is 7.89. The van der Waals surface area contributed by atoms with E-state index in [0.29, 0.717) is 18.5 Å². The molecule has 3 rings (SSSR count). The van der Waals surface area contributed by atoms with Crippen LogP contribution in [0.5, 0.6) is 0 Å². The summed E-state index contributed by atoms with van der Waals surface area (Å²) < 4.78 is 27.3. The molecule has 0 spiro atoms. The smallest absolute Gasteiger partial charge is 0.243 e. The van der Waals surface area contributed by atoms with Crippen LogP contribution in [0.25, 0.3) is 6.08 Å². The maximum absolute atomic E-state index is 12.9. The number of rotatable bonds is 3. The molecule has 1 aliphatic rings. The van der Waals surface area contributed by atoms with Gasteiger partial charge < -0.3 is 0 Å². The Labute approximate surface area is 152 Å². The van der Waals surface area contributed by atoms with Crippen LogP contribution in [-0.2, 0) is 14.8 Å². The average molecular weight is 376 g/mol. The zero-order valence-electron chi connectivity index (χ0n) is 14.3. The summed E-state index contributed by atoms with van der Waals surface area (Å²) in [6, 6.07) is 10.7. The van der Waals surface area contributed by atoms with Crippen molar-refractivity contribution in [2.45, 2.75) is 25.2 Å². The highest BCUT2D eigenvalue weighted by Crippen LogP contribution is 2.26. The molecule has 0 saturated carbocycles. The van der Waals surface area contributed by atoms with E-state index in [1.54, 1.807) is 42.5 Å². The van der Waals surface area contributed by atoms with E-state index in [1.807, 2.05) is 30.5 Å². The minimum atomic E-state index is -3.59. The number of hydrogen-bond acceptors (Lipinski definition) is 4. The van der Waals surface area contributed by atoms with E-state index >= 15 is 0 Å². The van der Waals surface area contributed by atoms with Crippen molar-refractivity contribution in [1.82, 2.24) is 4.31 Å². The van der Waals surface area contributed by atoms with Crippen LogP contribution in [0.4, 0.5) is 0 Å². The lowest BCUT2D eigenvalue weighted by Gasteiger charge is -2.21. The van der Waals surface area contributed by atoms with Crippen molar-refractivity contribution in [1.29, 1.82) is 0 Å². The lowest BCUT2D eigenvalue weighted by atomic mass is 9.98. The maximum Gasteiger partial charge on any atom is 0.243 e. The summed E-state index contributed by atoms with van der Waals surface area (Å²) in [6.07, 6.45) is 2.33. The molecule has 0 radical (unpaired) electrons. The molecule has 2 heterocycles. The third kappa shape index (κ3) is 3.92. The second-order valence-corrected chi connectivity index (χ2v) is 9.29. The number of sulfonamides is 1. The van der Waals surface area contributed by atoms with E-state index in [9.17, 15) is 13.2 Å². The van der Waals surface area contributed by atoms with Crippen molar-refractivity contribution >= 4 is 33.2 Å². The molecule has 132 valence electrons. The molecule has 1 saturated heterocycles. The molecule has 2 aromatic rings. The van der Waals surface area contributed by atoms with Gasteiger partial charge in [-0.3, -0.25) is 4.79 Å². The van der Waals surface area contributed by atoms with Gasteiger partial charge in [-0.15, -0.1) is 11.3 Å². The average Bonchev–Trinajstić information content (AvgIpc) is 3.04. The monoisotopic (exact) mass is 375 g/mol. The molecule has 1 aliphatic heterocycles. The minimum absolute atomic E-state index is 0.0370. The van der Waals surface area contributed by atoms with Gasteiger partial charge in [-0.1, -0.05) is 30.7 Å². The van der Waals surface area contributed by atoms with E-state index in [-0.39, 0.29) is 23.1 Å². The fourth-order valence-corrected chi connectivity index (χ4v) is 5.14. The summed E-state index contributed by atoms with van der Waals surface area (Å²) in [7, 11) is -3.59. The Balaban J connectivity index is 1.88. The number of aryl methyl sites for hydroxylation is 1. The SMILES string of the molecule is Cc1ccc(S(=O)(=O)N2CC/C(=C\c3cccs3)C(=O)[C@H](C)C2)cc1. The summed E-state index contributed by atoms with van der Waals surface area (Å²) in [5.74, 6) is -0.316. The molecule has 1 fully saturated rings. The van der Waals surface area contributed by atoms with Gasteiger partial charge in [0.15, 0.2) is 5.78 Å². The van der Waals surface area contributed by atoms with Gasteiger partial charge in [0.2, 0.25) is 10.0 Å². The molecule has 25 heavy (non-hydrogen) atoms. The van der Waals surface area contributed by atoms with Gasteiger partial charge in [-0.2, -0.15) is 4.31 Å². The number of Topliss-reactive ketones (excluding diaryl/α,β-unsaturated/α-hetero) is 1. The Hall–Kier alpha value is -1.76. The number of hydrogen-bond donors (Lipinski definition) is 0. The molecule has 1 atom stereocenters. The molecule has 0 amide bonds. The van der Waals surface area contributed by atoms with Crippen LogP contribution >= 0.6 is 11.3 Å². The van der Waals surface area contributed by atoms with Crippen LogP contribution in [0.1, 0.15) is 23.8 Å². The first kappa shape index (κ1) is 18.0. The van der Waals surface area contributed by atoms with Crippen molar-refractivity contribution in [3.63, 3.8) is 0 Å². The summed E-state index contributed by atoms with van der Waals surface area (Å²) in [4.78, 5) is 13.9. The predicted molar refractivity (Wildman–Crippen MR) is 101 cm³/mol. The molecule has 0 aliphatic carbocycles. The van der Waals surface area contributed by atoms with Crippen LogP contribution in [0.3, 0.4) is 0 Å². The van der Waals surface area contributed by atoms with Crippen LogP contribution in [-0.4, -0.2) is 31.6 Å². The first-order valence-electron chi connectivity index (χ1n) is 8.23. The number of thiophene rings is 1. The van der Waals surface area contributed by atoms with Crippen LogP contribution in [0, 0.1) is 12.8 Å². The highest BCUT2D eigenvalue weighted by Gasteiger charge is 2.32. The van der Waals surface area contributed by atoms with Gasteiger partial charge in [0.25, 0.3) is 0 Å². The fourth-order valence-electron chi connectivity index (χ4n) is 2.93. The summed E-state index contributed by atoms with van der Waals surface area (Å²) >= 11 is 1.57. The normalized spacial score (nSPS) is 21.4. The van der Waals surface area contributed by atoms with Gasteiger partial charge in [0.05, 0.1) is 4.90 Å². The van der Waals surface area contributed by atoms with Crippen LogP contribution < -0.4 is 0 Å². The number of carbonyl (C=O) groups excluding carboxylic acids is 1. The predicted octanol–water partition coefficient (Wildman–Crippen LogP) is 3.74. The summed E-state index contributed by atoms with van der Waals surface area (Å²) in [6.45, 7) is 4.26. The van der Waals surface area contributed by atoms with Crippen LogP contribution in [0.15, 0.2) is 52.2 Å². The van der Waals surface area contributed by atoms with E-state index in [1.165, 1.54) is 4.31 Å². The first-order valence-corrected chi connectivity index (χ1v) is 10.5. The number of carbonyl (C=O) groups is 1. The topological polar surface area (TPSA) is 54.5 Å². The molecular weight excluding hydrogens is 354 g/mol. The van der Waals surface area contributed by atoms with Crippen molar-refractivity contribution in [3.8, 4) is 0 Å². The Morgan fingerprint density at radius 3 is 2.56 bits per heavy atom. The molecule has 1 aromatic heterocycles. The van der Waals surface area contributed by atoms with Crippen molar-refractivity contribution in [2.75, 3.05) is 13.1 Å². The van der Waals surface area contributed by atoms with Crippen molar-refractivity contribution < 1.29 is 13.2 Å². The fraction of sp³-hybridized carbons (Fsp3) is 0.316. The summed E-state index contributed by atoms with van der Waals surface area (Å²) in [5, 5.41) is 1.96. The van der Waals surface area contributed by atoms with Gasteiger partial charge in [-0.25, -0.2) is 8.42 Å². The van der Waals surface area contributed by atoms with Crippen molar-refractivity contribution in [2.24, 2.45) is 5.92 Å². The third-order valence-corrected chi connectivity index (χ3v) is 7.09. The minimum Gasteiger partial charge on any atom is -0.294 e. The maximum atomic E-state index is 12.9. The molecule has 0 unspecified atom stereocenters. The van der Waals surface area contributed by atoms with Crippen LogP contribution in [0.2, 0.25) is 0 Å². The number of ketones is 1. The van der Waals surface area contributed by atoms with Gasteiger partial charge in [-0.05, 0) is 48.6 Å². The van der Waals surface area contributed by atoms with E-state index in [4.69, 9.17) is 0 Å². The third-order valence-electron chi connectivity index (χ3n) is 4.39. The van der Waals surface area contributed by atoms with Gasteiger partial charge in [0, 0.05) is 23.9 Å². The zero-order valence-corrected chi connectivity index (χ0v) is 15.9. The Morgan fingerprint density at radius 2 is 1.92 bits per heavy atom. The largest absolute Gasteiger partial charge is 0.294 e. The lowest BCUT2D eigenvalue weighted by molar-refractivity contribution is -0.118. The van der Waals surface area contributed by atoms with E-state index in [0.717, 1.165) is 10.4 Å². The molecule has 6 heteroatoms. The zero-order chi connectivity index (χ0) is 18.0. The molecule has 0 N–H and O–H groups in total. The Kier molecular flexibility index (Phi) is 5.22. The second-order valence-electron chi connectivity index (χ2n) is 6.38. The standard InChI is InChI=1S/C19H21NO3S2/c1-14-5-7-18(8-6-14)25(22,23)20-10-9-16(19(21)15(2)13-20)12-17-4-3-11-24-17/h3-8,11-12,15H,9-10,13H2,1-2H3/b16-12+/t15-/m1/s1. The van der Waals surface area contributed by atoms with Gasteiger partial charge >= 0.3 is 0 Å². The number of benzene rings is 1. The van der Waals surface area contributed by atoms with E-state index < -0.39 is 10.0 Å². The molecular formula is C19H21NO3S2. The highest BCUT2D eigenvalue weighted by atomic mass is 32.2. The van der Waals surface area contributed by atoms with Crippen molar-refractivity contribution in [3.05, 3.63) is 57.8 Å². The molecule has 4 nitrogen and oxygen atoms in total. The molecule has 1 aromatic carbocycles. The summed E-state index contributed by atoms with van der Waals surface area (Å²) in [5.41, 5.74) is 1.72. The van der Waals surface area contributed by atoms with E-state index in [2.05, 4.69) is 0 Å². The molecule has 0 bridgehead atoms. The van der Waals surface area contributed by atoms with Gasteiger partial charge in [0.1, 0.15) is 0 Å². The number of nitrogens with zero attached hydrogens (tertiary/aromatic N) is 1. The Bertz CT molecular complexity index is 881. The first-order chi connectivity index (χ1) is 11.9. The lowest BCUT2D eigenvalue weighted by Crippen LogP contribution is -2.35. The Morgan fingerprint density at radius 1 is 1.20 bits per heavy atom. The quantitative estimate of drug-likeness (QED) is 0.768.